The van der Waals surface area contributed by atoms with Gasteiger partial charge in [-0.25, -0.2) is 0 Å². The highest BCUT2D eigenvalue weighted by Crippen LogP contribution is 2.31. The van der Waals surface area contributed by atoms with E-state index in [9.17, 15) is 13.9 Å². The predicted octanol–water partition coefficient (Wildman–Crippen LogP) is 2.75. The molecule has 0 aliphatic carbocycles. The van der Waals surface area contributed by atoms with Gasteiger partial charge in [-0.05, 0) is 37.6 Å². The minimum Gasteiger partial charge on any atom is -0.467 e. The summed E-state index contributed by atoms with van der Waals surface area (Å²) in [5.74, 6) is 1.22. The van der Waals surface area contributed by atoms with Crippen LogP contribution in [-0.4, -0.2) is 49.9 Å². The molecule has 1 fully saturated rings. The topological polar surface area (TPSA) is 82.3 Å². The first-order valence-corrected chi connectivity index (χ1v) is 9.62. The summed E-state index contributed by atoms with van der Waals surface area (Å²) in [6, 6.07) is 10.3. The molecular weight excluding hydrogens is 382 g/mol. The minimum atomic E-state index is -2.86. The van der Waals surface area contributed by atoms with Crippen LogP contribution in [0.3, 0.4) is 0 Å². The van der Waals surface area contributed by atoms with Crippen molar-refractivity contribution in [3.8, 4) is 5.75 Å². The third-order valence-electron chi connectivity index (χ3n) is 4.59. The van der Waals surface area contributed by atoms with Gasteiger partial charge in [-0.3, -0.25) is 4.99 Å². The number of guanidine groups is 1. The molecule has 1 aliphatic heterocycles. The molecule has 2 heterocycles. The van der Waals surface area contributed by atoms with Crippen LogP contribution < -0.4 is 20.3 Å². The van der Waals surface area contributed by atoms with E-state index in [1.165, 1.54) is 6.26 Å². The van der Waals surface area contributed by atoms with Crippen LogP contribution in [0, 0.1) is 0 Å². The van der Waals surface area contributed by atoms with Gasteiger partial charge in [0, 0.05) is 25.7 Å². The van der Waals surface area contributed by atoms with E-state index in [-0.39, 0.29) is 18.3 Å². The van der Waals surface area contributed by atoms with Crippen LogP contribution in [0.2, 0.25) is 0 Å². The zero-order chi connectivity index (χ0) is 20.6. The van der Waals surface area contributed by atoms with Gasteiger partial charge in [0.1, 0.15) is 17.6 Å². The average molecular weight is 408 g/mol. The lowest BCUT2D eigenvalue weighted by Gasteiger charge is -2.22. The second-order valence-electron chi connectivity index (χ2n) is 6.67. The maximum absolute atomic E-state index is 12.7. The number of nitrogens with zero attached hydrogens (tertiary/aromatic N) is 2. The molecule has 3 N–H and O–H groups in total. The quantitative estimate of drug-likeness (QED) is 0.460. The van der Waals surface area contributed by atoms with Crippen molar-refractivity contribution >= 4 is 11.6 Å². The molecule has 7 nitrogen and oxygen atoms in total. The van der Waals surface area contributed by atoms with Gasteiger partial charge in [-0.15, -0.1) is 0 Å². The Morgan fingerprint density at radius 2 is 2.17 bits per heavy atom. The van der Waals surface area contributed by atoms with E-state index >= 15 is 0 Å². The smallest absolute Gasteiger partial charge is 0.387 e. The number of furan rings is 1. The second kappa shape index (κ2) is 10.1. The van der Waals surface area contributed by atoms with Crippen molar-refractivity contribution in [2.75, 3.05) is 31.1 Å². The zero-order valence-electron chi connectivity index (χ0n) is 16.2. The first kappa shape index (κ1) is 20.9. The first-order chi connectivity index (χ1) is 14.1. The van der Waals surface area contributed by atoms with Gasteiger partial charge in [0.2, 0.25) is 0 Å². The molecule has 1 aliphatic rings. The minimum absolute atomic E-state index is 0.0770. The number of ether oxygens (including phenoxy) is 1. The van der Waals surface area contributed by atoms with E-state index in [0.717, 1.165) is 6.42 Å². The summed E-state index contributed by atoms with van der Waals surface area (Å²) in [5.41, 5.74) is 0.646. The average Bonchev–Trinajstić information content (AvgIpc) is 3.38. The van der Waals surface area contributed by atoms with Crippen LogP contribution in [0.15, 0.2) is 52.1 Å². The van der Waals surface area contributed by atoms with Crippen molar-refractivity contribution < 1.29 is 23.0 Å². The summed E-state index contributed by atoms with van der Waals surface area (Å²) >= 11 is 0. The Morgan fingerprint density at radius 3 is 2.90 bits per heavy atom. The summed E-state index contributed by atoms with van der Waals surface area (Å²) in [6.07, 6.45) is 1.50. The van der Waals surface area contributed by atoms with E-state index in [1.54, 1.807) is 36.4 Å². The van der Waals surface area contributed by atoms with Gasteiger partial charge in [0.15, 0.2) is 5.96 Å². The number of aliphatic hydroxyl groups is 1. The Labute approximate surface area is 168 Å². The van der Waals surface area contributed by atoms with Gasteiger partial charge in [0.25, 0.3) is 0 Å². The summed E-state index contributed by atoms with van der Waals surface area (Å²) < 4.78 is 35.2. The van der Waals surface area contributed by atoms with E-state index in [2.05, 4.69) is 20.4 Å². The predicted molar refractivity (Wildman–Crippen MR) is 106 cm³/mol. The number of para-hydroxylation sites is 2. The van der Waals surface area contributed by atoms with E-state index in [1.807, 2.05) is 11.8 Å². The standard InChI is InChI=1S/C20H26F2N4O3/c1-2-23-20(24-12-16(27)18-8-5-11-28-18)25-14-9-10-26(13-14)15-6-3-4-7-17(15)29-19(21)22/h3-8,11,14,16,19,27H,2,9-10,12-13H2,1H3,(H2,23,24,25). The molecule has 0 spiro atoms. The molecule has 3 rings (SSSR count). The van der Waals surface area contributed by atoms with E-state index in [0.29, 0.717) is 37.0 Å². The SMILES string of the molecule is CCNC(=NCC(O)c1ccco1)NC1CCN(c2ccccc2OC(F)F)C1. The van der Waals surface area contributed by atoms with Gasteiger partial charge in [-0.2, -0.15) is 8.78 Å². The Bertz CT molecular complexity index is 786. The molecule has 29 heavy (non-hydrogen) atoms. The first-order valence-electron chi connectivity index (χ1n) is 9.62. The van der Waals surface area contributed by atoms with Crippen molar-refractivity contribution in [3.05, 3.63) is 48.4 Å². The number of hydrogen-bond acceptors (Lipinski definition) is 5. The Morgan fingerprint density at radius 1 is 1.34 bits per heavy atom. The fourth-order valence-corrected chi connectivity index (χ4v) is 3.27. The highest BCUT2D eigenvalue weighted by atomic mass is 19.3. The maximum Gasteiger partial charge on any atom is 0.387 e. The number of benzene rings is 1. The molecule has 0 saturated carbocycles. The third kappa shape index (κ3) is 5.83. The Balaban J connectivity index is 1.60. The summed E-state index contributed by atoms with van der Waals surface area (Å²) in [5, 5.41) is 16.6. The Kier molecular flexibility index (Phi) is 7.29. The van der Waals surface area contributed by atoms with Crippen molar-refractivity contribution in [2.45, 2.75) is 32.1 Å². The van der Waals surface area contributed by atoms with E-state index in [4.69, 9.17) is 4.42 Å². The summed E-state index contributed by atoms with van der Waals surface area (Å²) in [4.78, 5) is 6.44. The lowest BCUT2D eigenvalue weighted by molar-refractivity contribution is -0.0495. The molecular formula is C20H26F2N4O3. The van der Waals surface area contributed by atoms with Crippen LogP contribution >= 0.6 is 0 Å². The van der Waals surface area contributed by atoms with Crippen molar-refractivity contribution in [2.24, 2.45) is 4.99 Å². The van der Waals surface area contributed by atoms with Crippen LogP contribution in [-0.2, 0) is 0 Å². The number of alkyl halides is 2. The van der Waals surface area contributed by atoms with Gasteiger partial charge in [-0.1, -0.05) is 12.1 Å². The molecule has 9 heteroatoms. The van der Waals surface area contributed by atoms with Crippen LogP contribution in [0.5, 0.6) is 5.75 Å². The van der Waals surface area contributed by atoms with E-state index < -0.39 is 12.7 Å². The van der Waals surface area contributed by atoms with Crippen LogP contribution in [0.25, 0.3) is 0 Å². The fraction of sp³-hybridized carbons (Fsp3) is 0.450. The number of rotatable bonds is 8. The largest absolute Gasteiger partial charge is 0.467 e. The molecule has 1 aromatic carbocycles. The highest BCUT2D eigenvalue weighted by molar-refractivity contribution is 5.80. The number of aliphatic imine (C=N–C) groups is 1. The zero-order valence-corrected chi connectivity index (χ0v) is 16.2. The van der Waals surface area contributed by atoms with Gasteiger partial charge >= 0.3 is 6.61 Å². The number of aliphatic hydroxyl groups excluding tert-OH is 1. The molecule has 1 aromatic heterocycles. The highest BCUT2D eigenvalue weighted by Gasteiger charge is 2.26. The number of nitrogens with one attached hydrogen (secondary N) is 2. The normalized spacial score (nSPS) is 18.2. The lowest BCUT2D eigenvalue weighted by Crippen LogP contribution is -2.44. The van der Waals surface area contributed by atoms with Gasteiger partial charge < -0.3 is 29.8 Å². The molecule has 1 saturated heterocycles. The van der Waals surface area contributed by atoms with Crippen molar-refractivity contribution in [3.63, 3.8) is 0 Å². The van der Waals surface area contributed by atoms with Crippen LogP contribution in [0.1, 0.15) is 25.2 Å². The Hall–Kier alpha value is -2.81. The second-order valence-corrected chi connectivity index (χ2v) is 6.67. The number of anilines is 1. The number of halogens is 2. The molecule has 2 unspecified atom stereocenters. The van der Waals surface area contributed by atoms with Crippen molar-refractivity contribution in [1.82, 2.24) is 10.6 Å². The molecule has 2 atom stereocenters. The molecule has 2 aromatic rings. The number of hydrogen-bond donors (Lipinski definition) is 3. The molecule has 0 radical (unpaired) electrons. The third-order valence-corrected chi connectivity index (χ3v) is 4.59. The molecule has 0 amide bonds. The lowest BCUT2D eigenvalue weighted by atomic mass is 10.2. The maximum atomic E-state index is 12.7. The monoisotopic (exact) mass is 408 g/mol. The molecule has 158 valence electrons. The van der Waals surface area contributed by atoms with Gasteiger partial charge in [0.05, 0.1) is 18.5 Å². The van der Waals surface area contributed by atoms with Crippen LogP contribution in [0.4, 0.5) is 14.5 Å². The summed E-state index contributed by atoms with van der Waals surface area (Å²) in [7, 11) is 0. The fourth-order valence-electron chi connectivity index (χ4n) is 3.27. The molecule has 0 bridgehead atoms. The van der Waals surface area contributed by atoms with Crippen molar-refractivity contribution in [1.29, 1.82) is 0 Å². The summed E-state index contributed by atoms with van der Waals surface area (Å²) in [6.45, 7) is 1.25.